The lowest BCUT2D eigenvalue weighted by molar-refractivity contribution is -0.147. The minimum absolute atomic E-state index is 0.193. The van der Waals surface area contributed by atoms with E-state index in [1.807, 2.05) is 19.1 Å². The highest BCUT2D eigenvalue weighted by molar-refractivity contribution is 5.85. The van der Waals surface area contributed by atoms with Gasteiger partial charge in [-0.05, 0) is 19.8 Å². The highest BCUT2D eigenvalue weighted by atomic mass is 16.5. The van der Waals surface area contributed by atoms with Gasteiger partial charge in [0.1, 0.15) is 0 Å². The summed E-state index contributed by atoms with van der Waals surface area (Å²) in [5.41, 5.74) is 0. The zero-order valence-corrected chi connectivity index (χ0v) is 10.0. The summed E-state index contributed by atoms with van der Waals surface area (Å²) in [6, 6.07) is 0. The number of carboxylic acid groups (broad SMARTS) is 1. The average Bonchev–Trinajstić information content (AvgIpc) is 2.34. The van der Waals surface area contributed by atoms with E-state index in [1.165, 1.54) is 0 Å². The predicted octanol–water partition coefficient (Wildman–Crippen LogP) is 0.806. The topological polar surface area (TPSA) is 75.6 Å². The molecule has 0 fully saturated rings. The molecule has 0 aliphatic heterocycles. The van der Waals surface area contributed by atoms with E-state index in [2.05, 4.69) is 5.32 Å². The van der Waals surface area contributed by atoms with Gasteiger partial charge >= 0.3 is 5.97 Å². The molecule has 0 spiro atoms. The Morgan fingerprint density at radius 3 is 2.59 bits per heavy atom. The fourth-order valence-corrected chi connectivity index (χ4v) is 1.90. The molecular formula is C12H19NO4. The van der Waals surface area contributed by atoms with E-state index >= 15 is 0 Å². The van der Waals surface area contributed by atoms with Gasteiger partial charge in [0, 0.05) is 13.2 Å². The lowest BCUT2D eigenvalue weighted by atomic mass is 9.82. The SMILES string of the molecule is CCOCCNC(=O)[C@@H]1CC=CC[C@@H]1C(=O)O. The molecule has 0 bridgehead atoms. The fraction of sp³-hybridized carbons (Fsp3) is 0.667. The van der Waals surface area contributed by atoms with Crippen molar-refractivity contribution in [3.05, 3.63) is 12.2 Å². The summed E-state index contributed by atoms with van der Waals surface area (Å²) < 4.78 is 5.10. The first-order valence-electron chi connectivity index (χ1n) is 5.90. The number of rotatable bonds is 6. The standard InChI is InChI=1S/C12H19NO4/c1-2-17-8-7-13-11(14)9-5-3-4-6-10(9)12(15)16/h3-4,9-10H,2,5-8H2,1H3,(H,13,14)(H,15,16)/t9-,10+/m1/s1. The van der Waals surface area contributed by atoms with Crippen molar-refractivity contribution in [2.24, 2.45) is 11.8 Å². The molecule has 0 saturated heterocycles. The van der Waals surface area contributed by atoms with Gasteiger partial charge in [-0.2, -0.15) is 0 Å². The molecule has 96 valence electrons. The van der Waals surface area contributed by atoms with E-state index in [0.717, 1.165) is 0 Å². The third-order valence-corrected chi connectivity index (χ3v) is 2.84. The first-order valence-corrected chi connectivity index (χ1v) is 5.90. The minimum Gasteiger partial charge on any atom is -0.481 e. The van der Waals surface area contributed by atoms with Crippen molar-refractivity contribution in [3.8, 4) is 0 Å². The summed E-state index contributed by atoms with van der Waals surface area (Å²) in [6.07, 6.45) is 4.62. The van der Waals surface area contributed by atoms with Crippen molar-refractivity contribution in [3.63, 3.8) is 0 Å². The molecule has 0 saturated carbocycles. The van der Waals surface area contributed by atoms with Crippen molar-refractivity contribution in [1.82, 2.24) is 5.32 Å². The van der Waals surface area contributed by atoms with Gasteiger partial charge in [-0.25, -0.2) is 0 Å². The van der Waals surface area contributed by atoms with Crippen LogP contribution in [-0.4, -0.2) is 36.7 Å². The van der Waals surface area contributed by atoms with Crippen LogP contribution in [-0.2, 0) is 14.3 Å². The molecule has 5 nitrogen and oxygen atoms in total. The van der Waals surface area contributed by atoms with Gasteiger partial charge in [0.15, 0.2) is 0 Å². The molecule has 0 heterocycles. The summed E-state index contributed by atoms with van der Waals surface area (Å²) in [5, 5.41) is 11.7. The quantitative estimate of drug-likeness (QED) is 0.533. The maximum absolute atomic E-state index is 11.8. The van der Waals surface area contributed by atoms with Crippen molar-refractivity contribution < 1.29 is 19.4 Å². The van der Waals surface area contributed by atoms with Crippen molar-refractivity contribution >= 4 is 11.9 Å². The summed E-state index contributed by atoms with van der Waals surface area (Å²) in [4.78, 5) is 22.8. The number of carbonyl (C=O) groups excluding carboxylic acids is 1. The Morgan fingerprint density at radius 2 is 2.00 bits per heavy atom. The molecule has 0 radical (unpaired) electrons. The molecule has 0 aromatic heterocycles. The highest BCUT2D eigenvalue weighted by Gasteiger charge is 2.33. The number of nitrogens with one attached hydrogen (secondary N) is 1. The van der Waals surface area contributed by atoms with E-state index in [-0.39, 0.29) is 5.91 Å². The lowest BCUT2D eigenvalue weighted by Gasteiger charge is -2.24. The maximum Gasteiger partial charge on any atom is 0.307 e. The van der Waals surface area contributed by atoms with E-state index in [9.17, 15) is 9.59 Å². The van der Waals surface area contributed by atoms with Gasteiger partial charge in [-0.15, -0.1) is 0 Å². The molecule has 17 heavy (non-hydrogen) atoms. The number of carboxylic acids is 1. The van der Waals surface area contributed by atoms with Crippen LogP contribution >= 0.6 is 0 Å². The molecule has 1 aliphatic carbocycles. The van der Waals surface area contributed by atoms with E-state index < -0.39 is 17.8 Å². The fourth-order valence-electron chi connectivity index (χ4n) is 1.90. The van der Waals surface area contributed by atoms with Crippen molar-refractivity contribution in [1.29, 1.82) is 0 Å². The van der Waals surface area contributed by atoms with Gasteiger partial charge in [-0.3, -0.25) is 9.59 Å². The van der Waals surface area contributed by atoms with Gasteiger partial charge in [0.25, 0.3) is 0 Å². The molecular weight excluding hydrogens is 222 g/mol. The van der Waals surface area contributed by atoms with Crippen LogP contribution in [0, 0.1) is 11.8 Å². The Kier molecular flexibility index (Phi) is 5.69. The predicted molar refractivity (Wildman–Crippen MR) is 62.5 cm³/mol. The Labute approximate surface area is 101 Å². The highest BCUT2D eigenvalue weighted by Crippen LogP contribution is 2.25. The Morgan fingerprint density at radius 1 is 1.35 bits per heavy atom. The number of aliphatic carboxylic acids is 1. The van der Waals surface area contributed by atoms with E-state index in [4.69, 9.17) is 9.84 Å². The van der Waals surface area contributed by atoms with E-state index in [0.29, 0.717) is 32.6 Å². The van der Waals surface area contributed by atoms with Gasteiger partial charge in [0.2, 0.25) is 5.91 Å². The van der Waals surface area contributed by atoms with Crippen LogP contribution in [0.4, 0.5) is 0 Å². The number of allylic oxidation sites excluding steroid dienone is 2. The van der Waals surface area contributed by atoms with Crippen LogP contribution in [0.25, 0.3) is 0 Å². The zero-order chi connectivity index (χ0) is 12.7. The molecule has 2 atom stereocenters. The molecule has 0 aromatic carbocycles. The first-order chi connectivity index (χ1) is 8.16. The summed E-state index contributed by atoms with van der Waals surface area (Å²) >= 11 is 0. The number of hydrogen-bond acceptors (Lipinski definition) is 3. The molecule has 0 unspecified atom stereocenters. The molecule has 5 heteroatoms. The number of carbonyl (C=O) groups is 2. The average molecular weight is 241 g/mol. The monoisotopic (exact) mass is 241 g/mol. The Hall–Kier alpha value is -1.36. The van der Waals surface area contributed by atoms with Crippen LogP contribution in [0.3, 0.4) is 0 Å². The summed E-state index contributed by atoms with van der Waals surface area (Å²) in [5.74, 6) is -2.16. The maximum atomic E-state index is 11.8. The van der Waals surface area contributed by atoms with Crippen LogP contribution in [0.15, 0.2) is 12.2 Å². The van der Waals surface area contributed by atoms with E-state index in [1.54, 1.807) is 0 Å². The largest absolute Gasteiger partial charge is 0.481 e. The second-order valence-electron chi connectivity index (χ2n) is 3.98. The van der Waals surface area contributed by atoms with Gasteiger partial charge in [0.05, 0.1) is 18.4 Å². The van der Waals surface area contributed by atoms with Gasteiger partial charge in [-0.1, -0.05) is 12.2 Å². The van der Waals surface area contributed by atoms with Gasteiger partial charge < -0.3 is 15.2 Å². The smallest absolute Gasteiger partial charge is 0.307 e. The molecule has 1 aliphatic rings. The number of hydrogen-bond donors (Lipinski definition) is 2. The normalized spacial score (nSPS) is 23.4. The second kappa shape index (κ2) is 7.06. The number of amides is 1. The molecule has 0 aromatic rings. The molecule has 2 N–H and O–H groups in total. The second-order valence-corrected chi connectivity index (χ2v) is 3.98. The molecule has 1 rings (SSSR count). The zero-order valence-electron chi connectivity index (χ0n) is 10.0. The Balaban J connectivity index is 2.43. The van der Waals surface area contributed by atoms with Crippen LogP contribution in [0.2, 0.25) is 0 Å². The summed E-state index contributed by atoms with van der Waals surface area (Å²) in [6.45, 7) is 3.38. The molecule has 1 amide bonds. The van der Waals surface area contributed by atoms with Crippen molar-refractivity contribution in [2.45, 2.75) is 19.8 Å². The first kappa shape index (κ1) is 13.7. The third-order valence-electron chi connectivity index (χ3n) is 2.84. The van der Waals surface area contributed by atoms with Crippen LogP contribution < -0.4 is 5.32 Å². The van der Waals surface area contributed by atoms with Crippen LogP contribution in [0.5, 0.6) is 0 Å². The third kappa shape index (κ3) is 4.19. The minimum atomic E-state index is -0.903. The Bertz CT molecular complexity index is 301. The van der Waals surface area contributed by atoms with Crippen molar-refractivity contribution in [2.75, 3.05) is 19.8 Å². The lowest BCUT2D eigenvalue weighted by Crippen LogP contribution is -2.40. The number of ether oxygens (including phenoxy) is 1. The van der Waals surface area contributed by atoms with Crippen LogP contribution in [0.1, 0.15) is 19.8 Å². The summed E-state index contributed by atoms with van der Waals surface area (Å²) in [7, 11) is 0.